The van der Waals surface area contributed by atoms with Crippen molar-refractivity contribution >= 4 is 42.1 Å². The molecule has 1 atom stereocenters. The van der Waals surface area contributed by atoms with Gasteiger partial charge in [-0.3, -0.25) is 4.79 Å². The molecule has 2 rings (SSSR count). The highest BCUT2D eigenvalue weighted by molar-refractivity contribution is 7.09. The van der Waals surface area contributed by atoms with Crippen molar-refractivity contribution in [3.63, 3.8) is 0 Å². The molecule has 0 aromatic carbocycles. The Morgan fingerprint density at radius 2 is 2.13 bits per heavy atom. The van der Waals surface area contributed by atoms with Gasteiger partial charge in [-0.05, 0) is 12.8 Å². The number of amides is 1. The minimum Gasteiger partial charge on any atom is -0.383 e. The Bertz CT molecular complexity index is 454. The molecule has 1 aromatic rings. The number of nitrogens with two attached hydrogens (primary N) is 1. The average molecular weight is 384 g/mol. The third kappa shape index (κ3) is 7.35. The summed E-state index contributed by atoms with van der Waals surface area (Å²) in [5.41, 5.74) is 6.91. The van der Waals surface area contributed by atoms with Gasteiger partial charge in [0, 0.05) is 31.4 Å². The molecule has 1 unspecified atom stereocenters. The maximum Gasteiger partial charge on any atom is 0.239 e. The van der Waals surface area contributed by atoms with Crippen LogP contribution in [-0.4, -0.2) is 37.2 Å². The lowest BCUT2D eigenvalue weighted by Gasteiger charge is -2.19. The van der Waals surface area contributed by atoms with Crippen LogP contribution in [0.15, 0.2) is 5.38 Å². The second-order valence-corrected chi connectivity index (χ2v) is 6.55. The Hall–Kier alpha value is -0.400. The van der Waals surface area contributed by atoms with Crippen molar-refractivity contribution in [2.75, 3.05) is 20.3 Å². The predicted octanol–water partition coefficient (Wildman–Crippen LogP) is 2.67. The van der Waals surface area contributed by atoms with Gasteiger partial charge >= 0.3 is 0 Å². The lowest BCUT2D eigenvalue weighted by molar-refractivity contribution is -0.123. The normalized spacial score (nSPS) is 16.1. The van der Waals surface area contributed by atoms with E-state index in [2.05, 4.69) is 10.7 Å². The van der Waals surface area contributed by atoms with E-state index in [1.54, 1.807) is 11.3 Å². The van der Waals surface area contributed by atoms with Crippen molar-refractivity contribution in [2.45, 2.75) is 50.5 Å². The Morgan fingerprint density at radius 3 is 2.78 bits per heavy atom. The molecule has 0 radical (unpaired) electrons. The standard InChI is InChI=1S/C15H25N3O2S.2ClH/c1-20-9-12(16)15(19)17-8-7-14-18-13(10-21-14)11-5-3-2-4-6-11;;/h10-12H,2-9,16H2,1H3,(H,17,19);2*1H. The first kappa shape index (κ1) is 22.6. The van der Waals surface area contributed by atoms with E-state index in [9.17, 15) is 4.79 Å². The number of carbonyl (C=O) groups excluding carboxylic acids is 1. The third-order valence-corrected chi connectivity index (χ3v) is 4.84. The first-order valence-electron chi connectivity index (χ1n) is 7.67. The van der Waals surface area contributed by atoms with Crippen molar-refractivity contribution in [1.29, 1.82) is 0 Å². The van der Waals surface area contributed by atoms with E-state index in [0.29, 0.717) is 12.5 Å². The molecule has 23 heavy (non-hydrogen) atoms. The van der Waals surface area contributed by atoms with Crippen LogP contribution in [0.4, 0.5) is 0 Å². The van der Waals surface area contributed by atoms with Crippen molar-refractivity contribution in [2.24, 2.45) is 5.73 Å². The van der Waals surface area contributed by atoms with Crippen LogP contribution in [-0.2, 0) is 16.0 Å². The fourth-order valence-corrected chi connectivity index (χ4v) is 3.58. The van der Waals surface area contributed by atoms with Crippen LogP contribution < -0.4 is 11.1 Å². The number of nitrogens with zero attached hydrogens (tertiary/aromatic N) is 1. The molecule has 1 amide bonds. The predicted molar refractivity (Wildman–Crippen MR) is 99.0 cm³/mol. The monoisotopic (exact) mass is 383 g/mol. The van der Waals surface area contributed by atoms with Crippen LogP contribution in [0.1, 0.15) is 48.7 Å². The number of rotatable bonds is 7. The molecular formula is C15H27Cl2N3O2S. The minimum absolute atomic E-state index is 0. The summed E-state index contributed by atoms with van der Waals surface area (Å²) < 4.78 is 4.86. The van der Waals surface area contributed by atoms with Crippen LogP contribution in [0.5, 0.6) is 0 Å². The largest absolute Gasteiger partial charge is 0.383 e. The summed E-state index contributed by atoms with van der Waals surface area (Å²) in [7, 11) is 1.54. The third-order valence-electron chi connectivity index (χ3n) is 3.91. The summed E-state index contributed by atoms with van der Waals surface area (Å²) in [6, 6.07) is -0.593. The van der Waals surface area contributed by atoms with Gasteiger partial charge in [-0.1, -0.05) is 19.3 Å². The lowest BCUT2D eigenvalue weighted by Crippen LogP contribution is -2.44. The van der Waals surface area contributed by atoms with Crippen LogP contribution in [0, 0.1) is 0 Å². The van der Waals surface area contributed by atoms with Crippen molar-refractivity contribution in [3.05, 3.63) is 16.1 Å². The minimum atomic E-state index is -0.593. The molecule has 8 heteroatoms. The molecule has 0 spiro atoms. The number of methoxy groups -OCH3 is 1. The van der Waals surface area contributed by atoms with E-state index in [1.807, 2.05) is 0 Å². The number of hydrogen-bond donors (Lipinski definition) is 2. The van der Waals surface area contributed by atoms with Gasteiger partial charge < -0.3 is 15.8 Å². The van der Waals surface area contributed by atoms with E-state index in [1.165, 1.54) is 44.9 Å². The maximum absolute atomic E-state index is 11.6. The molecular weight excluding hydrogens is 357 g/mol. The van der Waals surface area contributed by atoms with Crippen molar-refractivity contribution in [1.82, 2.24) is 10.3 Å². The smallest absolute Gasteiger partial charge is 0.239 e. The zero-order valence-corrected chi connectivity index (χ0v) is 15.9. The highest BCUT2D eigenvalue weighted by atomic mass is 35.5. The number of halogens is 2. The summed E-state index contributed by atoms with van der Waals surface area (Å²) in [6.45, 7) is 0.822. The number of nitrogens with one attached hydrogen (secondary N) is 1. The van der Waals surface area contributed by atoms with Gasteiger partial charge in [-0.2, -0.15) is 0 Å². The van der Waals surface area contributed by atoms with Gasteiger partial charge in [0.2, 0.25) is 5.91 Å². The summed E-state index contributed by atoms with van der Waals surface area (Å²) in [6.07, 6.45) is 7.32. The van der Waals surface area contributed by atoms with Gasteiger partial charge in [0.15, 0.2) is 0 Å². The fourth-order valence-electron chi connectivity index (χ4n) is 2.70. The lowest BCUT2D eigenvalue weighted by atomic mass is 9.87. The Kier molecular flexibility index (Phi) is 11.8. The highest BCUT2D eigenvalue weighted by Gasteiger charge is 2.18. The first-order chi connectivity index (χ1) is 10.2. The molecule has 1 aromatic heterocycles. The molecule has 1 saturated carbocycles. The Morgan fingerprint density at radius 1 is 1.43 bits per heavy atom. The average Bonchev–Trinajstić information content (AvgIpc) is 2.97. The van der Waals surface area contributed by atoms with Crippen molar-refractivity contribution < 1.29 is 9.53 Å². The summed E-state index contributed by atoms with van der Waals surface area (Å²) in [4.78, 5) is 16.4. The molecule has 134 valence electrons. The molecule has 3 N–H and O–H groups in total. The molecule has 1 fully saturated rings. The summed E-state index contributed by atoms with van der Waals surface area (Å²) in [5.74, 6) is 0.481. The quantitative estimate of drug-likeness (QED) is 0.758. The fraction of sp³-hybridized carbons (Fsp3) is 0.733. The Balaban J connectivity index is 0.00000242. The van der Waals surface area contributed by atoms with E-state index in [-0.39, 0.29) is 37.3 Å². The van der Waals surface area contributed by atoms with Crippen LogP contribution in [0.25, 0.3) is 0 Å². The number of aromatic nitrogens is 1. The summed E-state index contributed by atoms with van der Waals surface area (Å²) in [5, 5.41) is 6.11. The highest BCUT2D eigenvalue weighted by Crippen LogP contribution is 2.32. The van der Waals surface area contributed by atoms with E-state index >= 15 is 0 Å². The van der Waals surface area contributed by atoms with Crippen LogP contribution in [0.2, 0.25) is 0 Å². The number of hydrogen-bond acceptors (Lipinski definition) is 5. The molecule has 0 saturated heterocycles. The molecule has 0 bridgehead atoms. The first-order valence-corrected chi connectivity index (χ1v) is 8.55. The molecule has 1 aliphatic rings. The molecule has 0 aliphatic heterocycles. The molecule has 1 heterocycles. The van der Waals surface area contributed by atoms with Gasteiger partial charge in [-0.15, -0.1) is 36.2 Å². The van der Waals surface area contributed by atoms with Crippen LogP contribution in [0.3, 0.4) is 0 Å². The topological polar surface area (TPSA) is 77.2 Å². The summed E-state index contributed by atoms with van der Waals surface area (Å²) >= 11 is 1.70. The number of carbonyl (C=O) groups is 1. The van der Waals surface area contributed by atoms with Crippen molar-refractivity contribution in [3.8, 4) is 0 Å². The van der Waals surface area contributed by atoms with Gasteiger partial charge in [0.1, 0.15) is 6.04 Å². The molecule has 5 nitrogen and oxygen atoms in total. The van der Waals surface area contributed by atoms with Crippen LogP contribution >= 0.6 is 36.2 Å². The number of thiazole rings is 1. The zero-order chi connectivity index (χ0) is 15.1. The van der Waals surface area contributed by atoms with E-state index < -0.39 is 6.04 Å². The van der Waals surface area contributed by atoms with E-state index in [4.69, 9.17) is 15.5 Å². The van der Waals surface area contributed by atoms with Gasteiger partial charge in [0.05, 0.1) is 17.3 Å². The Labute approximate surface area is 154 Å². The SMILES string of the molecule is COCC(N)C(=O)NCCc1nc(C2CCCCC2)cs1.Cl.Cl. The molecule has 1 aliphatic carbocycles. The van der Waals surface area contributed by atoms with Gasteiger partial charge in [-0.25, -0.2) is 4.98 Å². The maximum atomic E-state index is 11.6. The zero-order valence-electron chi connectivity index (χ0n) is 13.5. The number of ether oxygens (including phenoxy) is 1. The van der Waals surface area contributed by atoms with Gasteiger partial charge in [0.25, 0.3) is 0 Å². The second kappa shape index (κ2) is 12.0. The van der Waals surface area contributed by atoms with E-state index in [0.717, 1.165) is 11.4 Å². The second-order valence-electron chi connectivity index (χ2n) is 5.60.